The van der Waals surface area contributed by atoms with Crippen molar-refractivity contribution in [3.8, 4) is 5.88 Å². The molecule has 0 atom stereocenters. The van der Waals surface area contributed by atoms with Crippen LogP contribution in [0.5, 0.6) is 5.88 Å². The van der Waals surface area contributed by atoms with Gasteiger partial charge in [0.05, 0.1) is 5.69 Å². The number of aromatic nitrogens is 1. The van der Waals surface area contributed by atoms with Gasteiger partial charge in [-0.15, -0.1) is 11.3 Å². The molecule has 6 heteroatoms. The number of hydrogen-bond donors (Lipinski definition) is 2. The monoisotopic (exact) mass is 388 g/mol. The Morgan fingerprint density at radius 1 is 1.26 bits per heavy atom. The fraction of sp³-hybridized carbons (Fsp3) is 0.524. The predicted molar refractivity (Wildman–Crippen MR) is 109 cm³/mol. The lowest BCUT2D eigenvalue weighted by Crippen LogP contribution is -2.31. The fourth-order valence-corrected chi connectivity index (χ4v) is 4.28. The Morgan fingerprint density at radius 3 is 2.52 bits per heavy atom. The molecule has 5 nitrogen and oxygen atoms in total. The Kier molecular flexibility index (Phi) is 5.75. The van der Waals surface area contributed by atoms with Crippen LogP contribution in [0.2, 0.25) is 0 Å². The summed E-state index contributed by atoms with van der Waals surface area (Å²) in [7, 11) is 0. The van der Waals surface area contributed by atoms with Crippen LogP contribution in [-0.4, -0.2) is 28.2 Å². The van der Waals surface area contributed by atoms with E-state index in [9.17, 15) is 9.90 Å². The smallest absolute Gasteiger partial charge is 0.348 e. The minimum Gasteiger partial charge on any atom is -0.477 e. The van der Waals surface area contributed by atoms with E-state index in [1.54, 1.807) is 0 Å². The fourth-order valence-electron chi connectivity index (χ4n) is 3.27. The lowest BCUT2D eigenvalue weighted by atomic mass is 9.92. The zero-order valence-corrected chi connectivity index (χ0v) is 17.2. The number of rotatable bonds is 5. The van der Waals surface area contributed by atoms with Crippen molar-refractivity contribution in [2.24, 2.45) is 0 Å². The molecule has 2 heterocycles. The van der Waals surface area contributed by atoms with Crippen LogP contribution in [-0.2, 0) is 5.41 Å². The van der Waals surface area contributed by atoms with Crippen molar-refractivity contribution in [2.75, 3.05) is 5.32 Å². The highest BCUT2D eigenvalue weighted by molar-refractivity contribution is 7.14. The van der Waals surface area contributed by atoms with Crippen molar-refractivity contribution in [1.29, 1.82) is 0 Å². The minimum atomic E-state index is -0.861. The van der Waals surface area contributed by atoms with Crippen molar-refractivity contribution in [3.05, 3.63) is 39.7 Å². The topological polar surface area (TPSA) is 71.5 Å². The lowest BCUT2D eigenvalue weighted by Gasteiger charge is -2.29. The van der Waals surface area contributed by atoms with Gasteiger partial charge in [-0.25, -0.2) is 9.78 Å². The van der Waals surface area contributed by atoms with Crippen LogP contribution in [0.25, 0.3) is 0 Å². The number of aromatic carboxylic acids is 1. The standard InChI is InChI=1S/C21H28N2O3S/c1-13-5-10-18(22-12-13)26-15-8-6-14(7-9-15)23-16-11-17(21(2,3)4)27-19(16)20(24)25/h5,10-12,14-15,23H,6-9H2,1-4H3,(H,24,25). The van der Waals surface area contributed by atoms with Gasteiger partial charge in [0.1, 0.15) is 11.0 Å². The molecule has 27 heavy (non-hydrogen) atoms. The zero-order chi connectivity index (χ0) is 19.6. The molecule has 0 unspecified atom stereocenters. The summed E-state index contributed by atoms with van der Waals surface area (Å²) >= 11 is 1.37. The van der Waals surface area contributed by atoms with Crippen LogP contribution in [0.4, 0.5) is 5.69 Å². The van der Waals surface area contributed by atoms with Crippen LogP contribution in [0.15, 0.2) is 24.4 Å². The number of nitrogens with one attached hydrogen (secondary N) is 1. The van der Waals surface area contributed by atoms with Crippen LogP contribution >= 0.6 is 11.3 Å². The van der Waals surface area contributed by atoms with E-state index in [0.717, 1.165) is 41.8 Å². The van der Waals surface area contributed by atoms with E-state index in [-0.39, 0.29) is 17.6 Å². The van der Waals surface area contributed by atoms with E-state index < -0.39 is 5.97 Å². The van der Waals surface area contributed by atoms with Crippen molar-refractivity contribution in [1.82, 2.24) is 4.98 Å². The van der Waals surface area contributed by atoms with E-state index in [4.69, 9.17) is 4.74 Å². The van der Waals surface area contributed by atoms with Crippen LogP contribution in [0, 0.1) is 6.92 Å². The van der Waals surface area contributed by atoms with Crippen molar-refractivity contribution >= 4 is 23.0 Å². The van der Waals surface area contributed by atoms with Crippen molar-refractivity contribution in [2.45, 2.75) is 70.9 Å². The molecular weight excluding hydrogens is 360 g/mol. The second kappa shape index (κ2) is 7.89. The molecule has 0 spiro atoms. The lowest BCUT2D eigenvalue weighted by molar-refractivity contribution is 0.0703. The van der Waals surface area contributed by atoms with Gasteiger partial charge < -0.3 is 15.2 Å². The maximum atomic E-state index is 11.6. The number of carbonyl (C=O) groups is 1. The van der Waals surface area contributed by atoms with Gasteiger partial charge in [-0.1, -0.05) is 26.8 Å². The SMILES string of the molecule is Cc1ccc(OC2CCC(Nc3cc(C(C)(C)C)sc3C(=O)O)CC2)nc1. The minimum absolute atomic E-state index is 0.0542. The molecule has 0 aliphatic heterocycles. The largest absolute Gasteiger partial charge is 0.477 e. The van der Waals surface area contributed by atoms with E-state index >= 15 is 0 Å². The first-order valence-corrected chi connectivity index (χ1v) is 10.3. The Labute approximate surface area is 164 Å². The number of hydrogen-bond acceptors (Lipinski definition) is 5. The molecule has 1 aliphatic rings. The van der Waals surface area contributed by atoms with Gasteiger partial charge in [-0.05, 0) is 49.7 Å². The van der Waals surface area contributed by atoms with Gasteiger partial charge in [-0.3, -0.25) is 0 Å². The second-order valence-electron chi connectivity index (χ2n) is 8.32. The number of thiophene rings is 1. The maximum absolute atomic E-state index is 11.6. The van der Waals surface area contributed by atoms with Gasteiger partial charge in [-0.2, -0.15) is 0 Å². The van der Waals surface area contributed by atoms with Gasteiger partial charge in [0.15, 0.2) is 0 Å². The Bertz CT molecular complexity index is 785. The highest BCUT2D eigenvalue weighted by Crippen LogP contribution is 2.37. The first-order valence-electron chi connectivity index (χ1n) is 9.46. The third-order valence-electron chi connectivity index (χ3n) is 4.87. The number of carboxylic acids is 1. The molecule has 0 aromatic carbocycles. The van der Waals surface area contributed by atoms with Crippen LogP contribution in [0.1, 0.15) is 66.6 Å². The molecule has 1 saturated carbocycles. The van der Waals surface area contributed by atoms with Gasteiger partial charge in [0.2, 0.25) is 5.88 Å². The van der Waals surface area contributed by atoms with Gasteiger partial charge in [0, 0.05) is 23.2 Å². The molecule has 2 aromatic heterocycles. The summed E-state index contributed by atoms with van der Waals surface area (Å²) in [4.78, 5) is 17.4. The summed E-state index contributed by atoms with van der Waals surface area (Å²) in [6, 6.07) is 6.20. The molecule has 0 saturated heterocycles. The Balaban J connectivity index is 1.59. The third-order valence-corrected chi connectivity index (χ3v) is 6.42. The highest BCUT2D eigenvalue weighted by atomic mass is 32.1. The molecule has 2 aromatic rings. The Hall–Kier alpha value is -2.08. The quantitative estimate of drug-likeness (QED) is 0.732. The summed E-state index contributed by atoms with van der Waals surface area (Å²) in [5, 5.41) is 13.0. The molecule has 0 bridgehead atoms. The highest BCUT2D eigenvalue weighted by Gasteiger charge is 2.27. The molecule has 1 aliphatic carbocycles. The van der Waals surface area contributed by atoms with Crippen LogP contribution < -0.4 is 10.1 Å². The van der Waals surface area contributed by atoms with Gasteiger partial charge >= 0.3 is 5.97 Å². The zero-order valence-electron chi connectivity index (χ0n) is 16.4. The van der Waals surface area contributed by atoms with E-state index in [1.165, 1.54) is 11.3 Å². The molecule has 0 amide bonds. The molecule has 2 N–H and O–H groups in total. The summed E-state index contributed by atoms with van der Waals surface area (Å²) in [5.74, 6) is -0.182. The van der Waals surface area contributed by atoms with Gasteiger partial charge in [0.25, 0.3) is 0 Å². The van der Waals surface area contributed by atoms with E-state index in [2.05, 4.69) is 31.1 Å². The number of carboxylic acid groups (broad SMARTS) is 1. The number of aryl methyl sites for hydroxylation is 1. The number of ether oxygens (including phenoxy) is 1. The predicted octanol–water partition coefficient (Wildman–Crippen LogP) is 5.25. The summed E-state index contributed by atoms with van der Waals surface area (Å²) in [6.07, 6.45) is 5.77. The number of pyridine rings is 1. The first kappa shape index (κ1) is 19.7. The van der Waals surface area contributed by atoms with E-state index in [1.807, 2.05) is 31.3 Å². The normalized spacial score (nSPS) is 20.3. The molecule has 1 fully saturated rings. The summed E-state index contributed by atoms with van der Waals surface area (Å²) in [6.45, 7) is 8.33. The summed E-state index contributed by atoms with van der Waals surface area (Å²) < 4.78 is 5.99. The summed E-state index contributed by atoms with van der Waals surface area (Å²) in [5.41, 5.74) is 1.82. The van der Waals surface area contributed by atoms with E-state index in [0.29, 0.717) is 10.8 Å². The Morgan fingerprint density at radius 2 is 1.96 bits per heavy atom. The first-order chi connectivity index (χ1) is 12.7. The van der Waals surface area contributed by atoms with Crippen molar-refractivity contribution in [3.63, 3.8) is 0 Å². The molecule has 146 valence electrons. The molecule has 0 radical (unpaired) electrons. The molecule has 3 rings (SSSR count). The van der Waals surface area contributed by atoms with Crippen molar-refractivity contribution < 1.29 is 14.6 Å². The molecular formula is C21H28N2O3S. The number of anilines is 1. The average Bonchev–Trinajstić information content (AvgIpc) is 3.03. The maximum Gasteiger partial charge on any atom is 0.348 e. The second-order valence-corrected chi connectivity index (χ2v) is 9.37. The van der Waals surface area contributed by atoms with Crippen LogP contribution in [0.3, 0.4) is 0 Å². The average molecular weight is 389 g/mol. The number of nitrogens with zero attached hydrogens (tertiary/aromatic N) is 1. The third kappa shape index (κ3) is 5.01.